The summed E-state index contributed by atoms with van der Waals surface area (Å²) in [4.78, 5) is 3.20. The van der Waals surface area contributed by atoms with Crippen molar-refractivity contribution >= 4 is 23.3 Å². The van der Waals surface area contributed by atoms with E-state index >= 15 is 0 Å². The molecule has 0 amide bonds. The molecular formula is C14H15N3S. The van der Waals surface area contributed by atoms with Crippen LogP contribution in [-0.2, 0) is 6.54 Å². The second-order valence-electron chi connectivity index (χ2n) is 5.01. The number of hydrogen-bond acceptors (Lipinski definition) is 2. The van der Waals surface area contributed by atoms with Crippen LogP contribution in [0.15, 0.2) is 18.2 Å². The highest BCUT2D eigenvalue weighted by molar-refractivity contribution is 7.71. The standard InChI is InChI=1S/C14H15N3S/c15-9-11-5-6-12-13(8-11)17(14(18)16-12)7-1-2-10-3-4-10/h5-6,8,10H,1-4,7H2,(H,16,18). The fraction of sp³-hybridized carbons (Fsp3) is 0.429. The number of hydrogen-bond donors (Lipinski definition) is 1. The van der Waals surface area contributed by atoms with Crippen LogP contribution >= 0.6 is 12.2 Å². The molecule has 1 N–H and O–H groups in total. The van der Waals surface area contributed by atoms with Gasteiger partial charge in [0, 0.05) is 6.54 Å². The average molecular weight is 257 g/mol. The van der Waals surface area contributed by atoms with Gasteiger partial charge in [0.05, 0.1) is 22.7 Å². The second-order valence-corrected chi connectivity index (χ2v) is 5.40. The maximum atomic E-state index is 8.96. The van der Waals surface area contributed by atoms with Crippen LogP contribution in [0.5, 0.6) is 0 Å². The molecule has 0 atom stereocenters. The summed E-state index contributed by atoms with van der Waals surface area (Å²) in [5.74, 6) is 0.957. The van der Waals surface area contributed by atoms with Gasteiger partial charge in [-0.3, -0.25) is 0 Å². The molecule has 92 valence electrons. The molecule has 0 saturated heterocycles. The lowest BCUT2D eigenvalue weighted by Gasteiger charge is -2.04. The summed E-state index contributed by atoms with van der Waals surface area (Å²) in [7, 11) is 0. The van der Waals surface area contributed by atoms with Gasteiger partial charge in [-0.05, 0) is 49.2 Å². The number of aromatic nitrogens is 2. The summed E-state index contributed by atoms with van der Waals surface area (Å²) in [5.41, 5.74) is 2.76. The number of benzene rings is 1. The summed E-state index contributed by atoms with van der Waals surface area (Å²) >= 11 is 5.35. The lowest BCUT2D eigenvalue weighted by atomic mass is 10.2. The SMILES string of the molecule is N#Cc1ccc2[nH]c(=S)n(CCCC3CC3)c2c1. The molecule has 1 saturated carbocycles. The Hall–Kier alpha value is -1.60. The van der Waals surface area contributed by atoms with Gasteiger partial charge in [-0.2, -0.15) is 5.26 Å². The van der Waals surface area contributed by atoms with E-state index in [4.69, 9.17) is 17.5 Å². The van der Waals surface area contributed by atoms with Crippen LogP contribution < -0.4 is 0 Å². The molecule has 0 bridgehead atoms. The fourth-order valence-corrected chi connectivity index (χ4v) is 2.69. The van der Waals surface area contributed by atoms with Crippen LogP contribution in [0.4, 0.5) is 0 Å². The Bertz CT molecular complexity index is 670. The number of aromatic amines is 1. The van der Waals surface area contributed by atoms with E-state index in [9.17, 15) is 0 Å². The molecule has 2 aromatic rings. The van der Waals surface area contributed by atoms with Crippen molar-refractivity contribution < 1.29 is 0 Å². The predicted molar refractivity (Wildman–Crippen MR) is 73.8 cm³/mol. The lowest BCUT2D eigenvalue weighted by molar-refractivity contribution is 0.582. The van der Waals surface area contributed by atoms with Crippen LogP contribution in [0.2, 0.25) is 0 Å². The number of nitrogens with one attached hydrogen (secondary N) is 1. The zero-order valence-electron chi connectivity index (χ0n) is 10.1. The first kappa shape index (κ1) is 11.5. The highest BCUT2D eigenvalue weighted by Gasteiger charge is 2.20. The van der Waals surface area contributed by atoms with Gasteiger partial charge < -0.3 is 9.55 Å². The largest absolute Gasteiger partial charge is 0.331 e. The number of fused-ring (bicyclic) bond motifs is 1. The van der Waals surface area contributed by atoms with Gasteiger partial charge in [0.1, 0.15) is 0 Å². The first-order valence-electron chi connectivity index (χ1n) is 6.40. The number of H-pyrrole nitrogens is 1. The van der Waals surface area contributed by atoms with Crippen molar-refractivity contribution in [1.29, 1.82) is 5.26 Å². The monoisotopic (exact) mass is 257 g/mol. The minimum absolute atomic E-state index is 0.687. The first-order chi connectivity index (χ1) is 8.78. The number of nitrogens with zero attached hydrogens (tertiary/aromatic N) is 2. The van der Waals surface area contributed by atoms with Crippen LogP contribution in [0.25, 0.3) is 11.0 Å². The molecule has 4 heteroatoms. The molecular weight excluding hydrogens is 242 g/mol. The van der Waals surface area contributed by atoms with E-state index in [1.165, 1.54) is 25.7 Å². The number of rotatable bonds is 4. The van der Waals surface area contributed by atoms with Crippen LogP contribution in [0, 0.1) is 22.0 Å². The molecule has 1 aliphatic rings. The van der Waals surface area contributed by atoms with E-state index in [0.29, 0.717) is 5.56 Å². The van der Waals surface area contributed by atoms with Gasteiger partial charge in [-0.25, -0.2) is 0 Å². The number of nitriles is 1. The second kappa shape index (κ2) is 4.58. The fourth-order valence-electron chi connectivity index (χ4n) is 2.39. The van der Waals surface area contributed by atoms with E-state index in [1.54, 1.807) is 0 Å². The van der Waals surface area contributed by atoms with Crippen LogP contribution in [-0.4, -0.2) is 9.55 Å². The molecule has 18 heavy (non-hydrogen) atoms. The van der Waals surface area contributed by atoms with Gasteiger partial charge in [-0.15, -0.1) is 0 Å². The van der Waals surface area contributed by atoms with Crippen LogP contribution in [0.1, 0.15) is 31.2 Å². The van der Waals surface area contributed by atoms with Crippen LogP contribution in [0.3, 0.4) is 0 Å². The van der Waals surface area contributed by atoms with Crippen molar-refractivity contribution in [2.75, 3.05) is 0 Å². The summed E-state index contributed by atoms with van der Waals surface area (Å²) in [6.45, 7) is 0.949. The smallest absolute Gasteiger partial charge is 0.178 e. The molecule has 1 heterocycles. The Kier molecular flexibility index (Phi) is 2.92. The third kappa shape index (κ3) is 2.19. The van der Waals surface area contributed by atoms with Crippen molar-refractivity contribution in [1.82, 2.24) is 9.55 Å². The molecule has 1 aliphatic carbocycles. The summed E-state index contributed by atoms with van der Waals surface area (Å²) < 4.78 is 2.88. The topological polar surface area (TPSA) is 44.5 Å². The molecule has 0 aliphatic heterocycles. The molecule has 0 radical (unpaired) electrons. The third-order valence-electron chi connectivity index (χ3n) is 3.60. The summed E-state index contributed by atoms with van der Waals surface area (Å²) in [6.07, 6.45) is 5.27. The van der Waals surface area contributed by atoms with Crippen molar-refractivity contribution in [3.05, 3.63) is 28.5 Å². The molecule has 0 unspecified atom stereocenters. The molecule has 1 fully saturated rings. The zero-order valence-corrected chi connectivity index (χ0v) is 11.0. The number of aryl methyl sites for hydroxylation is 1. The highest BCUT2D eigenvalue weighted by Crippen LogP contribution is 2.33. The Morgan fingerprint density at radius 2 is 2.28 bits per heavy atom. The average Bonchev–Trinajstić information content (AvgIpc) is 3.14. The van der Waals surface area contributed by atoms with Crippen molar-refractivity contribution in [3.8, 4) is 6.07 Å². The highest BCUT2D eigenvalue weighted by atomic mass is 32.1. The van der Waals surface area contributed by atoms with Crippen molar-refractivity contribution in [2.24, 2.45) is 5.92 Å². The van der Waals surface area contributed by atoms with E-state index in [0.717, 1.165) is 28.3 Å². The maximum absolute atomic E-state index is 8.96. The van der Waals surface area contributed by atoms with E-state index in [2.05, 4.69) is 15.6 Å². The lowest BCUT2D eigenvalue weighted by Crippen LogP contribution is -1.98. The molecule has 1 aromatic carbocycles. The van der Waals surface area contributed by atoms with E-state index in [-0.39, 0.29) is 0 Å². The quantitative estimate of drug-likeness (QED) is 0.847. The molecule has 1 aromatic heterocycles. The normalized spacial score (nSPS) is 14.8. The van der Waals surface area contributed by atoms with Crippen molar-refractivity contribution in [2.45, 2.75) is 32.2 Å². The minimum Gasteiger partial charge on any atom is -0.331 e. The predicted octanol–water partition coefficient (Wildman–Crippen LogP) is 3.76. The van der Waals surface area contributed by atoms with Gasteiger partial charge in [0.15, 0.2) is 4.77 Å². The van der Waals surface area contributed by atoms with Gasteiger partial charge >= 0.3 is 0 Å². The van der Waals surface area contributed by atoms with Gasteiger partial charge in [0.2, 0.25) is 0 Å². The molecule has 0 spiro atoms. The van der Waals surface area contributed by atoms with E-state index < -0.39 is 0 Å². The zero-order chi connectivity index (χ0) is 12.5. The molecule has 3 rings (SSSR count). The molecule has 3 nitrogen and oxygen atoms in total. The summed E-state index contributed by atoms with van der Waals surface area (Å²) in [6, 6.07) is 7.85. The first-order valence-corrected chi connectivity index (χ1v) is 6.81. The van der Waals surface area contributed by atoms with Crippen molar-refractivity contribution in [3.63, 3.8) is 0 Å². The van der Waals surface area contributed by atoms with Gasteiger partial charge in [0.25, 0.3) is 0 Å². The van der Waals surface area contributed by atoms with Gasteiger partial charge in [-0.1, -0.05) is 12.8 Å². The third-order valence-corrected chi connectivity index (χ3v) is 3.92. The number of imidazole rings is 1. The Labute approximate surface area is 111 Å². The Balaban J connectivity index is 1.90. The Morgan fingerprint density at radius 1 is 1.44 bits per heavy atom. The van der Waals surface area contributed by atoms with E-state index in [1.807, 2.05) is 18.2 Å². The maximum Gasteiger partial charge on any atom is 0.178 e. The Morgan fingerprint density at radius 3 is 3.00 bits per heavy atom. The minimum atomic E-state index is 0.687. The summed E-state index contributed by atoms with van der Waals surface area (Å²) in [5, 5.41) is 8.96.